The van der Waals surface area contributed by atoms with E-state index in [-0.39, 0.29) is 0 Å². The molecular weight excluding hydrogens is 232 g/mol. The van der Waals surface area contributed by atoms with Crippen molar-refractivity contribution < 1.29 is 0 Å². The van der Waals surface area contributed by atoms with Crippen LogP contribution in [-0.2, 0) is 0 Å². The first-order chi connectivity index (χ1) is 8.16. The van der Waals surface area contributed by atoms with Gasteiger partial charge in [-0.25, -0.2) is 4.98 Å². The quantitative estimate of drug-likeness (QED) is 0.893. The minimum Gasteiger partial charge on any atom is -0.344 e. The van der Waals surface area contributed by atoms with Crippen LogP contribution in [0.15, 0.2) is 0 Å². The van der Waals surface area contributed by atoms with Crippen molar-refractivity contribution in [2.24, 2.45) is 5.92 Å². The Labute approximate surface area is 108 Å². The summed E-state index contributed by atoms with van der Waals surface area (Å²) in [6.07, 6.45) is 2.62. The summed E-state index contributed by atoms with van der Waals surface area (Å²) in [7, 11) is 0. The average molecular weight is 254 g/mol. The molecule has 96 valence electrons. The molecule has 2 rings (SSSR count). The molecule has 1 saturated heterocycles. The largest absolute Gasteiger partial charge is 0.344 e. The van der Waals surface area contributed by atoms with Gasteiger partial charge in [-0.15, -0.1) is 0 Å². The van der Waals surface area contributed by atoms with Crippen LogP contribution in [-0.4, -0.2) is 35.0 Å². The highest BCUT2D eigenvalue weighted by Crippen LogP contribution is 2.22. The van der Waals surface area contributed by atoms with E-state index >= 15 is 0 Å². The summed E-state index contributed by atoms with van der Waals surface area (Å²) in [5.41, 5.74) is 0. The maximum Gasteiger partial charge on any atom is 0.205 e. The molecule has 1 N–H and O–H groups in total. The van der Waals surface area contributed by atoms with E-state index in [0.29, 0.717) is 6.04 Å². The van der Waals surface area contributed by atoms with E-state index in [4.69, 9.17) is 0 Å². The molecule has 1 aromatic rings. The van der Waals surface area contributed by atoms with Crippen molar-refractivity contribution in [2.45, 2.75) is 39.7 Å². The van der Waals surface area contributed by atoms with Gasteiger partial charge in [-0.05, 0) is 52.6 Å². The Morgan fingerprint density at radius 3 is 2.88 bits per heavy atom. The summed E-state index contributed by atoms with van der Waals surface area (Å²) in [5.74, 6) is 1.63. The number of nitrogens with one attached hydrogen (secondary N) is 1. The summed E-state index contributed by atoms with van der Waals surface area (Å²) in [4.78, 5) is 6.90. The predicted molar refractivity (Wildman–Crippen MR) is 72.7 cm³/mol. The van der Waals surface area contributed by atoms with Gasteiger partial charge in [0.15, 0.2) is 0 Å². The van der Waals surface area contributed by atoms with Crippen LogP contribution in [0, 0.1) is 12.8 Å². The Hall–Kier alpha value is -0.680. The number of aromatic nitrogens is 2. The molecule has 1 aromatic heterocycles. The van der Waals surface area contributed by atoms with Crippen LogP contribution in [0.1, 0.15) is 32.5 Å². The van der Waals surface area contributed by atoms with Crippen LogP contribution in [0.3, 0.4) is 0 Å². The second-order valence-corrected chi connectivity index (χ2v) is 5.81. The van der Waals surface area contributed by atoms with E-state index in [0.717, 1.165) is 30.0 Å². The third-order valence-corrected chi connectivity index (χ3v) is 4.08. The van der Waals surface area contributed by atoms with Gasteiger partial charge in [0.05, 0.1) is 0 Å². The van der Waals surface area contributed by atoms with E-state index < -0.39 is 0 Å². The van der Waals surface area contributed by atoms with Gasteiger partial charge in [-0.3, -0.25) is 0 Å². The minimum atomic E-state index is 0.490. The zero-order valence-electron chi connectivity index (χ0n) is 10.9. The highest BCUT2D eigenvalue weighted by Gasteiger charge is 2.21. The first kappa shape index (κ1) is 12.8. The Morgan fingerprint density at radius 2 is 2.35 bits per heavy atom. The summed E-state index contributed by atoms with van der Waals surface area (Å²) in [5, 5.41) is 4.55. The molecule has 0 aliphatic carbocycles. The second kappa shape index (κ2) is 5.78. The van der Waals surface area contributed by atoms with Crippen LogP contribution >= 0.6 is 11.5 Å². The number of piperidine rings is 1. The Balaban J connectivity index is 2.01. The molecule has 0 radical (unpaired) electrons. The zero-order valence-corrected chi connectivity index (χ0v) is 11.8. The van der Waals surface area contributed by atoms with E-state index in [9.17, 15) is 0 Å². The van der Waals surface area contributed by atoms with Gasteiger partial charge in [0.25, 0.3) is 0 Å². The van der Waals surface area contributed by atoms with Gasteiger partial charge in [0.1, 0.15) is 5.82 Å². The molecule has 1 unspecified atom stereocenters. The van der Waals surface area contributed by atoms with Crippen molar-refractivity contribution >= 4 is 16.7 Å². The van der Waals surface area contributed by atoms with Crippen LogP contribution in [0.5, 0.6) is 0 Å². The molecule has 1 atom stereocenters. The minimum absolute atomic E-state index is 0.490. The van der Waals surface area contributed by atoms with Crippen molar-refractivity contribution in [3.05, 3.63) is 5.82 Å². The fourth-order valence-electron chi connectivity index (χ4n) is 2.27. The number of anilines is 1. The number of hydrogen-bond donors (Lipinski definition) is 1. The van der Waals surface area contributed by atoms with Crippen molar-refractivity contribution in [1.82, 2.24) is 14.7 Å². The van der Waals surface area contributed by atoms with Gasteiger partial charge in [-0.2, -0.15) is 4.37 Å². The molecule has 0 saturated carbocycles. The third-order valence-electron chi connectivity index (χ3n) is 3.24. The average Bonchev–Trinajstić information content (AvgIpc) is 2.73. The summed E-state index contributed by atoms with van der Waals surface area (Å²) >= 11 is 1.52. The molecule has 0 bridgehead atoms. The maximum absolute atomic E-state index is 4.51. The smallest absolute Gasteiger partial charge is 0.205 e. The zero-order chi connectivity index (χ0) is 12.3. The van der Waals surface area contributed by atoms with E-state index in [1.807, 2.05) is 6.92 Å². The first-order valence-corrected chi connectivity index (χ1v) is 7.22. The molecule has 2 heterocycles. The number of aryl methyl sites for hydroxylation is 1. The first-order valence-electron chi connectivity index (χ1n) is 6.44. The fourth-order valence-corrected chi connectivity index (χ4v) is 3.09. The number of rotatable bonds is 4. The topological polar surface area (TPSA) is 41.1 Å². The molecule has 4 nitrogen and oxygen atoms in total. The second-order valence-electron chi connectivity index (χ2n) is 5.08. The van der Waals surface area contributed by atoms with Gasteiger partial charge in [0.2, 0.25) is 5.13 Å². The van der Waals surface area contributed by atoms with Crippen LogP contribution in [0.4, 0.5) is 5.13 Å². The normalized spacial score (nSPS) is 20.8. The molecule has 1 aliphatic heterocycles. The summed E-state index contributed by atoms with van der Waals surface area (Å²) in [6.45, 7) is 9.83. The highest BCUT2D eigenvalue weighted by molar-refractivity contribution is 7.09. The Morgan fingerprint density at radius 1 is 1.53 bits per heavy atom. The molecule has 1 aliphatic rings. The monoisotopic (exact) mass is 254 g/mol. The molecule has 17 heavy (non-hydrogen) atoms. The van der Waals surface area contributed by atoms with Gasteiger partial charge in [0, 0.05) is 24.1 Å². The Kier molecular flexibility index (Phi) is 4.34. The van der Waals surface area contributed by atoms with Gasteiger partial charge >= 0.3 is 0 Å². The molecular formula is C12H22N4S. The number of hydrogen-bond acceptors (Lipinski definition) is 5. The SMILES string of the molecule is Cc1nsc(N(CC2CCCNC2)C(C)C)n1. The fraction of sp³-hybridized carbons (Fsp3) is 0.833. The molecule has 5 heteroatoms. The van der Waals surface area contributed by atoms with Gasteiger partial charge in [-0.1, -0.05) is 0 Å². The molecule has 0 spiro atoms. The highest BCUT2D eigenvalue weighted by atomic mass is 32.1. The standard InChI is InChI=1S/C12H22N4S/c1-9(2)16(12-14-10(3)15-17-12)8-11-5-4-6-13-7-11/h9,11,13H,4-8H2,1-3H3. The molecule has 0 aromatic carbocycles. The predicted octanol–water partition coefficient (Wildman–Crippen LogP) is 2.06. The van der Waals surface area contributed by atoms with Crippen molar-refractivity contribution in [2.75, 3.05) is 24.5 Å². The molecule has 1 fully saturated rings. The lowest BCUT2D eigenvalue weighted by molar-refractivity contribution is 0.371. The molecule has 0 amide bonds. The summed E-state index contributed by atoms with van der Waals surface area (Å²) < 4.78 is 4.29. The lowest BCUT2D eigenvalue weighted by Crippen LogP contribution is -2.41. The lowest BCUT2D eigenvalue weighted by atomic mass is 9.99. The van der Waals surface area contributed by atoms with E-state index in [2.05, 4.69) is 33.4 Å². The maximum atomic E-state index is 4.51. The third kappa shape index (κ3) is 3.39. The van der Waals surface area contributed by atoms with Crippen LogP contribution < -0.4 is 10.2 Å². The van der Waals surface area contributed by atoms with Crippen LogP contribution in [0.25, 0.3) is 0 Å². The van der Waals surface area contributed by atoms with Crippen LogP contribution in [0.2, 0.25) is 0 Å². The number of nitrogens with zero attached hydrogens (tertiary/aromatic N) is 3. The summed E-state index contributed by atoms with van der Waals surface area (Å²) in [6, 6.07) is 0.490. The lowest BCUT2D eigenvalue weighted by Gasteiger charge is -2.32. The van der Waals surface area contributed by atoms with Gasteiger partial charge < -0.3 is 10.2 Å². The van der Waals surface area contributed by atoms with Crippen molar-refractivity contribution in [3.8, 4) is 0 Å². The van der Waals surface area contributed by atoms with E-state index in [1.54, 1.807) is 0 Å². The Bertz CT molecular complexity index is 344. The van der Waals surface area contributed by atoms with E-state index in [1.165, 1.54) is 30.9 Å². The van der Waals surface area contributed by atoms with Crippen molar-refractivity contribution in [3.63, 3.8) is 0 Å². The van der Waals surface area contributed by atoms with Crippen molar-refractivity contribution in [1.29, 1.82) is 0 Å².